The van der Waals surface area contributed by atoms with Crippen molar-refractivity contribution < 1.29 is 19.1 Å². The largest absolute Gasteiger partial charge is 0.483 e. The van der Waals surface area contributed by atoms with Crippen LogP contribution < -0.4 is 10.1 Å². The molecule has 2 aromatic carbocycles. The minimum atomic E-state index is -0.153. The van der Waals surface area contributed by atoms with E-state index >= 15 is 0 Å². The van der Waals surface area contributed by atoms with Crippen molar-refractivity contribution in [2.45, 2.75) is 20.0 Å². The lowest BCUT2D eigenvalue weighted by atomic mass is 10.1. The molecule has 27 heavy (non-hydrogen) atoms. The van der Waals surface area contributed by atoms with Gasteiger partial charge in [0.05, 0.1) is 6.61 Å². The molecule has 1 aliphatic heterocycles. The van der Waals surface area contributed by atoms with Crippen LogP contribution in [0.4, 0.5) is 0 Å². The Hall–Kier alpha value is -2.86. The van der Waals surface area contributed by atoms with Crippen LogP contribution in [0.1, 0.15) is 27.0 Å². The van der Waals surface area contributed by atoms with Crippen LogP contribution in [0.5, 0.6) is 5.75 Å². The van der Waals surface area contributed by atoms with Crippen LogP contribution in [0.15, 0.2) is 42.5 Å². The van der Waals surface area contributed by atoms with Gasteiger partial charge in [0.1, 0.15) is 5.75 Å². The van der Waals surface area contributed by atoms with Gasteiger partial charge in [0.25, 0.3) is 11.8 Å². The molecule has 0 bridgehead atoms. The van der Waals surface area contributed by atoms with Crippen LogP contribution in [-0.4, -0.2) is 43.6 Å². The van der Waals surface area contributed by atoms with Crippen molar-refractivity contribution in [3.63, 3.8) is 0 Å². The van der Waals surface area contributed by atoms with Crippen molar-refractivity contribution in [3.8, 4) is 5.75 Å². The van der Waals surface area contributed by atoms with Gasteiger partial charge in [-0.05, 0) is 36.2 Å². The monoisotopic (exact) mass is 368 g/mol. The number of hydrogen-bond donors (Lipinski definition) is 1. The zero-order valence-electron chi connectivity index (χ0n) is 15.7. The van der Waals surface area contributed by atoms with Crippen molar-refractivity contribution in [3.05, 3.63) is 64.7 Å². The Labute approximate surface area is 159 Å². The summed E-state index contributed by atoms with van der Waals surface area (Å²) in [5.74, 6) is 0.396. The van der Waals surface area contributed by atoms with Gasteiger partial charge in [-0.2, -0.15) is 0 Å². The summed E-state index contributed by atoms with van der Waals surface area (Å²) in [7, 11) is 1.60. The third-order valence-corrected chi connectivity index (χ3v) is 4.65. The van der Waals surface area contributed by atoms with E-state index in [4.69, 9.17) is 9.47 Å². The summed E-state index contributed by atoms with van der Waals surface area (Å²) >= 11 is 0. The fraction of sp³-hybridized carbons (Fsp3) is 0.333. The number of ether oxygens (including phenoxy) is 2. The normalized spacial score (nSPS) is 13.6. The molecule has 0 aromatic heterocycles. The van der Waals surface area contributed by atoms with Crippen LogP contribution in [0.2, 0.25) is 0 Å². The molecule has 0 saturated carbocycles. The maximum absolute atomic E-state index is 12.6. The van der Waals surface area contributed by atoms with E-state index in [-0.39, 0.29) is 18.4 Å². The van der Waals surface area contributed by atoms with E-state index in [1.165, 1.54) is 0 Å². The smallest absolute Gasteiger partial charge is 0.260 e. The predicted molar refractivity (Wildman–Crippen MR) is 102 cm³/mol. The maximum Gasteiger partial charge on any atom is 0.260 e. The number of nitrogens with one attached hydrogen (secondary N) is 1. The number of nitrogens with zero attached hydrogens (tertiary/aromatic N) is 1. The summed E-state index contributed by atoms with van der Waals surface area (Å²) < 4.78 is 10.7. The average molecular weight is 368 g/mol. The Morgan fingerprint density at radius 2 is 2.07 bits per heavy atom. The minimum absolute atomic E-state index is 0.00442. The van der Waals surface area contributed by atoms with Crippen molar-refractivity contribution in [2.75, 3.05) is 26.9 Å². The Morgan fingerprint density at radius 3 is 2.85 bits per heavy atom. The molecule has 6 nitrogen and oxygen atoms in total. The molecule has 1 N–H and O–H groups in total. The van der Waals surface area contributed by atoms with Crippen molar-refractivity contribution in [2.24, 2.45) is 0 Å². The summed E-state index contributed by atoms with van der Waals surface area (Å²) in [6.07, 6.45) is 0. The molecule has 1 heterocycles. The molecule has 1 aliphatic rings. The number of rotatable bonds is 6. The summed E-state index contributed by atoms with van der Waals surface area (Å²) in [5.41, 5.74) is 3.59. The van der Waals surface area contributed by atoms with Gasteiger partial charge in [-0.3, -0.25) is 9.59 Å². The quantitative estimate of drug-likeness (QED) is 0.850. The summed E-state index contributed by atoms with van der Waals surface area (Å²) in [6.45, 7) is 3.83. The van der Waals surface area contributed by atoms with Gasteiger partial charge < -0.3 is 19.7 Å². The molecule has 0 unspecified atom stereocenters. The lowest BCUT2D eigenvalue weighted by Gasteiger charge is -2.19. The highest BCUT2D eigenvalue weighted by atomic mass is 16.5. The zero-order valence-corrected chi connectivity index (χ0v) is 15.7. The third kappa shape index (κ3) is 4.65. The summed E-state index contributed by atoms with van der Waals surface area (Å²) in [6, 6.07) is 13.2. The maximum atomic E-state index is 12.6. The number of amides is 2. The van der Waals surface area contributed by atoms with Gasteiger partial charge >= 0.3 is 0 Å². The second-order valence-corrected chi connectivity index (χ2v) is 6.53. The molecular formula is C21H24N2O4. The van der Waals surface area contributed by atoms with Crippen molar-refractivity contribution >= 4 is 11.8 Å². The molecule has 3 rings (SSSR count). The fourth-order valence-electron chi connectivity index (χ4n) is 3.00. The second-order valence-electron chi connectivity index (χ2n) is 6.53. The standard InChI is InChI=1S/C21H24N2O4/c1-15-5-3-4-6-17(15)12-22-21(25)16-7-8-19-18(11-16)13-23(9-10-26-2)20(24)14-27-19/h3-8,11H,9-10,12-14H2,1-2H3,(H,22,25). The molecule has 0 spiro atoms. The number of hydrogen-bond acceptors (Lipinski definition) is 4. The Bertz CT molecular complexity index is 835. The van der Waals surface area contributed by atoms with Gasteiger partial charge in [-0.1, -0.05) is 24.3 Å². The number of fused-ring (bicyclic) bond motifs is 1. The molecule has 0 fully saturated rings. The molecular weight excluding hydrogens is 344 g/mol. The van der Waals surface area contributed by atoms with E-state index in [2.05, 4.69) is 5.32 Å². The van der Waals surface area contributed by atoms with E-state index in [1.54, 1.807) is 30.2 Å². The molecule has 0 aliphatic carbocycles. The highest BCUT2D eigenvalue weighted by Gasteiger charge is 2.22. The number of aryl methyl sites for hydroxylation is 1. The Morgan fingerprint density at radius 1 is 1.26 bits per heavy atom. The first-order chi connectivity index (χ1) is 13.1. The minimum Gasteiger partial charge on any atom is -0.483 e. The lowest BCUT2D eigenvalue weighted by molar-refractivity contribution is -0.133. The van der Waals surface area contributed by atoms with Crippen molar-refractivity contribution in [1.82, 2.24) is 10.2 Å². The number of carbonyl (C=O) groups excluding carboxylic acids is 2. The second kappa shape index (κ2) is 8.68. The fourth-order valence-corrected chi connectivity index (χ4v) is 3.00. The molecule has 6 heteroatoms. The number of benzene rings is 2. The van der Waals surface area contributed by atoms with Gasteiger partial charge in [-0.25, -0.2) is 0 Å². The van der Waals surface area contributed by atoms with Gasteiger partial charge in [0.2, 0.25) is 0 Å². The van der Waals surface area contributed by atoms with E-state index in [0.717, 1.165) is 16.7 Å². The SMILES string of the molecule is COCCN1Cc2cc(C(=O)NCc3ccccc3C)ccc2OCC1=O. The van der Waals surface area contributed by atoms with Gasteiger partial charge in [0, 0.05) is 37.9 Å². The highest BCUT2D eigenvalue weighted by molar-refractivity contribution is 5.94. The van der Waals surface area contributed by atoms with E-state index in [9.17, 15) is 9.59 Å². The van der Waals surface area contributed by atoms with Gasteiger partial charge in [-0.15, -0.1) is 0 Å². The van der Waals surface area contributed by atoms with Crippen LogP contribution in [0, 0.1) is 6.92 Å². The average Bonchev–Trinajstić information content (AvgIpc) is 2.84. The zero-order chi connectivity index (χ0) is 19.2. The van der Waals surface area contributed by atoms with E-state index < -0.39 is 0 Å². The third-order valence-electron chi connectivity index (χ3n) is 4.65. The first-order valence-corrected chi connectivity index (χ1v) is 8.93. The van der Waals surface area contributed by atoms with Crippen LogP contribution in [-0.2, 0) is 22.6 Å². The van der Waals surface area contributed by atoms with E-state index in [0.29, 0.717) is 37.6 Å². The van der Waals surface area contributed by atoms with Crippen LogP contribution in [0.3, 0.4) is 0 Å². The topological polar surface area (TPSA) is 67.9 Å². The molecule has 142 valence electrons. The lowest BCUT2D eigenvalue weighted by Crippen LogP contribution is -2.34. The molecule has 0 radical (unpaired) electrons. The number of carbonyl (C=O) groups is 2. The summed E-state index contributed by atoms with van der Waals surface area (Å²) in [4.78, 5) is 26.4. The molecule has 2 aromatic rings. The van der Waals surface area contributed by atoms with Crippen LogP contribution >= 0.6 is 0 Å². The molecule has 0 atom stereocenters. The highest BCUT2D eigenvalue weighted by Crippen LogP contribution is 2.25. The molecule has 2 amide bonds. The van der Waals surface area contributed by atoms with Crippen LogP contribution in [0.25, 0.3) is 0 Å². The Balaban J connectivity index is 1.72. The first kappa shape index (κ1) is 18.9. The van der Waals surface area contributed by atoms with Crippen molar-refractivity contribution in [1.29, 1.82) is 0 Å². The van der Waals surface area contributed by atoms with E-state index in [1.807, 2.05) is 31.2 Å². The molecule has 0 saturated heterocycles. The Kier molecular flexibility index (Phi) is 6.08. The summed E-state index contributed by atoms with van der Waals surface area (Å²) in [5, 5.41) is 2.95. The van der Waals surface area contributed by atoms with Gasteiger partial charge in [0.15, 0.2) is 6.61 Å². The first-order valence-electron chi connectivity index (χ1n) is 8.93. The predicted octanol–water partition coefficient (Wildman–Crippen LogP) is 2.29. The number of methoxy groups -OCH3 is 1.